The Morgan fingerprint density at radius 2 is 1.72 bits per heavy atom. The van der Waals surface area contributed by atoms with Crippen LogP contribution < -0.4 is 25.4 Å². The fraction of sp³-hybridized carbons (Fsp3) is 0.250. The SMILES string of the molecule is CCN(CCNS(=O)OC)c1ccc(N=C2C(=O)N(c3c(Cl)cc(Cl)cc3Cl)NC2=Nc2cc(NC)ccc2Cl)c(C)c1. The van der Waals surface area contributed by atoms with Crippen LogP contribution >= 0.6 is 46.4 Å². The van der Waals surface area contributed by atoms with Gasteiger partial charge in [0.15, 0.2) is 11.5 Å². The molecule has 10 nitrogen and oxygen atoms in total. The van der Waals surface area contributed by atoms with Gasteiger partial charge in [-0.15, -0.1) is 0 Å². The van der Waals surface area contributed by atoms with Crippen molar-refractivity contribution < 1.29 is 13.2 Å². The summed E-state index contributed by atoms with van der Waals surface area (Å²) in [6.07, 6.45) is 0. The topological polar surface area (TPSA) is 111 Å². The highest BCUT2D eigenvalue weighted by Crippen LogP contribution is 2.38. The number of hydrogen-bond donors (Lipinski definition) is 3. The lowest BCUT2D eigenvalue weighted by molar-refractivity contribution is -0.112. The molecule has 1 saturated heterocycles. The normalized spacial score (nSPS) is 15.7. The molecule has 3 aromatic rings. The van der Waals surface area contributed by atoms with E-state index in [0.29, 0.717) is 34.5 Å². The Labute approximate surface area is 272 Å². The average Bonchev–Trinajstić information content (AvgIpc) is 3.26. The number of nitrogens with zero attached hydrogens (tertiary/aromatic N) is 4. The number of benzene rings is 3. The van der Waals surface area contributed by atoms with E-state index in [1.165, 1.54) is 24.3 Å². The third-order valence-electron chi connectivity index (χ3n) is 6.43. The molecule has 1 atom stereocenters. The summed E-state index contributed by atoms with van der Waals surface area (Å²) in [4.78, 5) is 25.4. The van der Waals surface area contributed by atoms with Gasteiger partial charge >= 0.3 is 0 Å². The van der Waals surface area contributed by atoms with Crippen LogP contribution in [0.4, 0.5) is 28.4 Å². The minimum absolute atomic E-state index is 0.0300. The first-order valence-corrected chi connectivity index (χ1v) is 15.6. The zero-order chi connectivity index (χ0) is 31.3. The number of carbonyl (C=O) groups excluding carboxylic acids is 1. The van der Waals surface area contributed by atoms with Gasteiger partial charge in [0.25, 0.3) is 5.91 Å². The molecule has 15 heteroatoms. The van der Waals surface area contributed by atoms with Crippen LogP contribution in [0, 0.1) is 6.92 Å². The molecule has 0 bridgehead atoms. The van der Waals surface area contributed by atoms with Gasteiger partial charge in [-0.1, -0.05) is 46.4 Å². The first-order valence-electron chi connectivity index (χ1n) is 13.0. The Morgan fingerprint density at radius 1 is 1.00 bits per heavy atom. The number of likely N-dealkylation sites (N-methyl/N-ethyl adjacent to an activating group) is 1. The zero-order valence-corrected chi connectivity index (χ0v) is 27.5. The lowest BCUT2D eigenvalue weighted by Crippen LogP contribution is -2.36. The molecule has 3 aromatic carbocycles. The Kier molecular flexibility index (Phi) is 11.3. The van der Waals surface area contributed by atoms with Crippen LogP contribution in [-0.2, 0) is 20.2 Å². The summed E-state index contributed by atoms with van der Waals surface area (Å²) in [5, 5.41) is 5.27. The first-order chi connectivity index (χ1) is 20.6. The maximum atomic E-state index is 13.8. The van der Waals surface area contributed by atoms with Crippen molar-refractivity contribution in [3.8, 4) is 0 Å². The molecule has 0 saturated carbocycles. The van der Waals surface area contributed by atoms with E-state index in [-0.39, 0.29) is 27.3 Å². The maximum Gasteiger partial charge on any atom is 0.299 e. The molecule has 0 spiro atoms. The third-order valence-corrected chi connectivity index (χ3v) is 8.29. The van der Waals surface area contributed by atoms with E-state index >= 15 is 0 Å². The van der Waals surface area contributed by atoms with Gasteiger partial charge in [0, 0.05) is 43.1 Å². The highest BCUT2D eigenvalue weighted by atomic mass is 35.5. The highest BCUT2D eigenvalue weighted by molar-refractivity contribution is 7.78. The van der Waals surface area contributed by atoms with Gasteiger partial charge in [-0.25, -0.2) is 23.9 Å². The van der Waals surface area contributed by atoms with E-state index in [2.05, 4.69) is 25.4 Å². The second-order valence-corrected chi connectivity index (χ2v) is 11.9. The fourth-order valence-electron chi connectivity index (χ4n) is 4.25. The van der Waals surface area contributed by atoms with E-state index in [9.17, 15) is 9.00 Å². The first kappa shape index (κ1) is 33.0. The quantitative estimate of drug-likeness (QED) is 0.209. The number of rotatable bonds is 11. The number of halogens is 4. The number of hydrazine groups is 1. The Morgan fingerprint density at radius 3 is 2.35 bits per heavy atom. The molecule has 1 amide bonds. The van der Waals surface area contributed by atoms with Gasteiger partial charge in [-0.05, 0) is 67.9 Å². The molecule has 1 heterocycles. The number of carbonyl (C=O) groups is 1. The number of anilines is 3. The Hall–Kier alpha value is -2.90. The molecule has 4 rings (SSSR count). The summed E-state index contributed by atoms with van der Waals surface area (Å²) < 4.78 is 19.1. The summed E-state index contributed by atoms with van der Waals surface area (Å²) >= 11 is 23.9. The number of amidine groups is 1. The van der Waals surface area contributed by atoms with Crippen LogP contribution in [-0.4, -0.2) is 55.5 Å². The summed E-state index contributed by atoms with van der Waals surface area (Å²) in [5.74, 6) is -0.375. The molecule has 1 unspecified atom stereocenters. The Balaban J connectivity index is 1.75. The number of aryl methyl sites for hydroxylation is 1. The minimum Gasteiger partial charge on any atom is -0.388 e. The molecule has 0 aromatic heterocycles. The second kappa shape index (κ2) is 14.7. The molecular formula is C28H29Cl4N7O3S. The van der Waals surface area contributed by atoms with Gasteiger partial charge in [0.05, 0.1) is 33.6 Å². The molecule has 1 aliphatic rings. The van der Waals surface area contributed by atoms with Crippen LogP contribution in [0.25, 0.3) is 0 Å². The molecule has 1 fully saturated rings. The molecule has 0 radical (unpaired) electrons. The number of hydrogen-bond acceptors (Lipinski definition) is 7. The molecule has 0 aliphatic carbocycles. The third kappa shape index (κ3) is 7.79. The number of nitrogens with one attached hydrogen (secondary N) is 3. The maximum absolute atomic E-state index is 13.8. The number of aliphatic imine (C=N–C) groups is 2. The van der Waals surface area contributed by atoms with Crippen LogP contribution in [0.2, 0.25) is 20.1 Å². The summed E-state index contributed by atoms with van der Waals surface area (Å²) in [7, 11) is 3.15. The molecule has 3 N–H and O–H groups in total. The van der Waals surface area contributed by atoms with Crippen LogP contribution in [0.15, 0.2) is 58.5 Å². The number of amides is 1. The van der Waals surface area contributed by atoms with Gasteiger partial charge in [0.1, 0.15) is 5.69 Å². The molecule has 43 heavy (non-hydrogen) atoms. The van der Waals surface area contributed by atoms with Gasteiger partial charge in [0.2, 0.25) is 11.3 Å². The van der Waals surface area contributed by atoms with E-state index in [1.54, 1.807) is 19.2 Å². The van der Waals surface area contributed by atoms with Crippen molar-refractivity contribution in [1.29, 1.82) is 0 Å². The summed E-state index contributed by atoms with van der Waals surface area (Å²) in [5.41, 5.74) is 6.75. The van der Waals surface area contributed by atoms with E-state index in [1.807, 2.05) is 38.1 Å². The van der Waals surface area contributed by atoms with Crippen LogP contribution in [0.3, 0.4) is 0 Å². The van der Waals surface area contributed by atoms with Crippen molar-refractivity contribution >= 4 is 104 Å². The van der Waals surface area contributed by atoms with Crippen molar-refractivity contribution in [2.75, 3.05) is 49.0 Å². The van der Waals surface area contributed by atoms with Crippen molar-refractivity contribution in [3.63, 3.8) is 0 Å². The lowest BCUT2D eigenvalue weighted by Gasteiger charge is -2.23. The largest absolute Gasteiger partial charge is 0.388 e. The predicted molar refractivity (Wildman–Crippen MR) is 180 cm³/mol. The van der Waals surface area contributed by atoms with Gasteiger partial charge < -0.3 is 10.2 Å². The molecule has 1 aliphatic heterocycles. The lowest BCUT2D eigenvalue weighted by atomic mass is 10.1. The second-order valence-electron chi connectivity index (χ2n) is 9.15. The van der Waals surface area contributed by atoms with Crippen LogP contribution in [0.5, 0.6) is 0 Å². The standard InChI is InChI=1S/C28H29Cl4N7O3S/c1-5-38(11-10-34-43(41)42-4)19-7-9-23(16(2)12-19)35-25-27(36-24-15-18(33-3)6-8-20(24)30)37-39(28(25)40)26-21(31)13-17(29)14-22(26)32/h6-9,12-15,33-34H,5,10-11H2,1-4H3,(H,36,37). The van der Waals surface area contributed by atoms with Crippen LogP contribution in [0.1, 0.15) is 12.5 Å². The summed E-state index contributed by atoms with van der Waals surface area (Å²) in [6, 6.07) is 13.9. The monoisotopic (exact) mass is 683 g/mol. The minimum atomic E-state index is -1.54. The predicted octanol–water partition coefficient (Wildman–Crippen LogP) is 6.65. The van der Waals surface area contributed by atoms with E-state index in [4.69, 9.17) is 55.6 Å². The van der Waals surface area contributed by atoms with Crippen molar-refractivity contribution in [2.45, 2.75) is 13.8 Å². The summed E-state index contributed by atoms with van der Waals surface area (Å²) in [6.45, 7) is 5.70. The fourth-order valence-corrected chi connectivity index (χ4v) is 5.77. The molecule has 228 valence electrons. The molecular weight excluding hydrogens is 656 g/mol. The Bertz CT molecular complexity index is 1600. The smallest absolute Gasteiger partial charge is 0.299 e. The van der Waals surface area contributed by atoms with Gasteiger partial charge in [-0.3, -0.25) is 14.4 Å². The zero-order valence-electron chi connectivity index (χ0n) is 23.7. The van der Waals surface area contributed by atoms with E-state index in [0.717, 1.165) is 23.5 Å². The highest BCUT2D eigenvalue weighted by Gasteiger charge is 2.37. The van der Waals surface area contributed by atoms with Gasteiger partial charge in [-0.2, -0.15) is 0 Å². The van der Waals surface area contributed by atoms with Crippen molar-refractivity contribution in [3.05, 3.63) is 74.2 Å². The average molecular weight is 685 g/mol. The van der Waals surface area contributed by atoms with E-state index < -0.39 is 17.2 Å². The van der Waals surface area contributed by atoms with Crippen molar-refractivity contribution in [1.82, 2.24) is 10.1 Å². The van der Waals surface area contributed by atoms with Crippen molar-refractivity contribution in [2.24, 2.45) is 9.98 Å².